The molecule has 3 heterocycles. The molecule has 1 aliphatic heterocycles. The van der Waals surface area contributed by atoms with Crippen LogP contribution in [0, 0.1) is 6.92 Å². The minimum absolute atomic E-state index is 0.0187. The molecule has 1 aliphatic rings. The van der Waals surface area contributed by atoms with Gasteiger partial charge in [-0.1, -0.05) is 6.07 Å². The van der Waals surface area contributed by atoms with Gasteiger partial charge in [-0.2, -0.15) is 0 Å². The fraction of sp³-hybridized carbons (Fsp3) is 0.450. The molecule has 1 fully saturated rings. The standard InChI is InChI=1S/C20H22F5N5O4S/c1-12-3-4-15(28-16-9-14(6-8-26-16)34-20(23,24)25)29-17(12)18(31)30-11-19(21,22)7-5-13(30)10-27-35(2,32)33/h3-4,6,8-9,13,27H,5,7,10-11H2,1-2H3,(H,26,28,29). The van der Waals surface area contributed by atoms with Gasteiger partial charge in [0.1, 0.15) is 23.1 Å². The van der Waals surface area contributed by atoms with Crippen LogP contribution in [-0.2, 0) is 10.0 Å². The summed E-state index contributed by atoms with van der Waals surface area (Å²) in [5.74, 6) is -4.58. The molecule has 0 aliphatic carbocycles. The Hall–Kier alpha value is -3.07. The van der Waals surface area contributed by atoms with Crippen molar-refractivity contribution in [1.82, 2.24) is 19.6 Å². The van der Waals surface area contributed by atoms with Gasteiger partial charge in [0.25, 0.3) is 11.8 Å². The second kappa shape index (κ2) is 9.89. The van der Waals surface area contributed by atoms with E-state index in [1.165, 1.54) is 19.1 Å². The molecule has 15 heteroatoms. The molecule has 2 aromatic heterocycles. The number of nitrogens with one attached hydrogen (secondary N) is 2. The minimum atomic E-state index is -4.90. The van der Waals surface area contributed by atoms with Crippen molar-refractivity contribution in [2.75, 3.05) is 24.7 Å². The summed E-state index contributed by atoms with van der Waals surface area (Å²) < 4.78 is 94.6. The molecule has 192 valence electrons. The van der Waals surface area contributed by atoms with Crippen molar-refractivity contribution in [3.05, 3.63) is 41.7 Å². The fourth-order valence-corrected chi connectivity index (χ4v) is 3.94. The zero-order valence-electron chi connectivity index (χ0n) is 18.6. The van der Waals surface area contributed by atoms with Crippen LogP contribution in [0.15, 0.2) is 30.5 Å². The Bertz CT molecular complexity index is 1190. The highest BCUT2D eigenvalue weighted by atomic mass is 32.2. The molecule has 2 N–H and O–H groups in total. The normalized spacial score (nSPS) is 18.3. The van der Waals surface area contributed by atoms with Gasteiger partial charge >= 0.3 is 6.36 Å². The largest absolute Gasteiger partial charge is 0.573 e. The number of ether oxygens (including phenoxy) is 1. The number of anilines is 2. The molecule has 1 atom stereocenters. The van der Waals surface area contributed by atoms with E-state index in [4.69, 9.17) is 0 Å². The smallest absolute Gasteiger partial charge is 0.406 e. The summed E-state index contributed by atoms with van der Waals surface area (Å²) >= 11 is 0. The SMILES string of the molecule is Cc1ccc(Nc2cc(OC(F)(F)F)ccn2)nc1C(=O)N1CC(F)(F)CCC1CNS(C)(=O)=O. The average molecular weight is 523 g/mol. The molecule has 0 bridgehead atoms. The highest BCUT2D eigenvalue weighted by Crippen LogP contribution is 2.32. The first-order valence-electron chi connectivity index (χ1n) is 10.2. The van der Waals surface area contributed by atoms with Crippen LogP contribution in [0.4, 0.5) is 33.6 Å². The Morgan fingerprint density at radius 3 is 2.63 bits per heavy atom. The van der Waals surface area contributed by atoms with Crippen LogP contribution in [-0.4, -0.2) is 66.9 Å². The molecular weight excluding hydrogens is 501 g/mol. The number of pyridine rings is 2. The quantitative estimate of drug-likeness (QED) is 0.536. The van der Waals surface area contributed by atoms with Crippen LogP contribution in [0.3, 0.4) is 0 Å². The topological polar surface area (TPSA) is 114 Å². The molecular formula is C20H22F5N5O4S. The number of hydrogen-bond acceptors (Lipinski definition) is 7. The van der Waals surface area contributed by atoms with Crippen molar-refractivity contribution in [3.63, 3.8) is 0 Å². The molecule has 9 nitrogen and oxygen atoms in total. The molecule has 35 heavy (non-hydrogen) atoms. The van der Waals surface area contributed by atoms with Gasteiger partial charge in [-0.15, -0.1) is 13.2 Å². The van der Waals surface area contributed by atoms with Crippen molar-refractivity contribution in [2.24, 2.45) is 0 Å². The van der Waals surface area contributed by atoms with Crippen molar-refractivity contribution in [2.45, 2.75) is 38.1 Å². The average Bonchev–Trinajstić information content (AvgIpc) is 2.71. The molecule has 1 saturated heterocycles. The number of rotatable bonds is 7. The Balaban J connectivity index is 1.85. The van der Waals surface area contributed by atoms with E-state index in [0.29, 0.717) is 5.56 Å². The zero-order chi connectivity index (χ0) is 26.0. The number of alkyl halides is 5. The molecule has 1 unspecified atom stereocenters. The van der Waals surface area contributed by atoms with E-state index in [0.717, 1.165) is 29.5 Å². The summed E-state index contributed by atoms with van der Waals surface area (Å²) in [6, 6.07) is 4.04. The van der Waals surface area contributed by atoms with Gasteiger partial charge in [0.05, 0.1) is 12.8 Å². The van der Waals surface area contributed by atoms with Crippen LogP contribution in [0.25, 0.3) is 0 Å². The minimum Gasteiger partial charge on any atom is -0.406 e. The lowest BCUT2D eigenvalue weighted by Gasteiger charge is -2.39. The molecule has 0 saturated carbocycles. The van der Waals surface area contributed by atoms with Gasteiger partial charge in [-0.25, -0.2) is 31.9 Å². The van der Waals surface area contributed by atoms with Crippen LogP contribution in [0.2, 0.25) is 0 Å². The highest BCUT2D eigenvalue weighted by Gasteiger charge is 2.43. The van der Waals surface area contributed by atoms with Crippen molar-refractivity contribution in [1.29, 1.82) is 0 Å². The van der Waals surface area contributed by atoms with Crippen LogP contribution in [0.5, 0.6) is 5.75 Å². The van der Waals surface area contributed by atoms with E-state index < -0.39 is 53.0 Å². The maximum atomic E-state index is 14.1. The van der Waals surface area contributed by atoms with Gasteiger partial charge in [-0.3, -0.25) is 4.79 Å². The number of halogens is 5. The maximum Gasteiger partial charge on any atom is 0.573 e. The lowest BCUT2D eigenvalue weighted by molar-refractivity contribution is -0.274. The summed E-state index contributed by atoms with van der Waals surface area (Å²) in [7, 11) is -3.62. The number of aromatic nitrogens is 2. The Morgan fingerprint density at radius 1 is 1.26 bits per heavy atom. The van der Waals surface area contributed by atoms with E-state index in [9.17, 15) is 35.2 Å². The van der Waals surface area contributed by atoms with E-state index in [1.807, 2.05) is 0 Å². The van der Waals surface area contributed by atoms with E-state index in [1.54, 1.807) is 0 Å². The summed E-state index contributed by atoms with van der Waals surface area (Å²) in [4.78, 5) is 22.1. The molecule has 1 amide bonds. The lowest BCUT2D eigenvalue weighted by atomic mass is 9.98. The summed E-state index contributed by atoms with van der Waals surface area (Å²) in [6.45, 7) is 0.374. The highest BCUT2D eigenvalue weighted by molar-refractivity contribution is 7.88. The number of likely N-dealkylation sites (tertiary alicyclic amines) is 1. The van der Waals surface area contributed by atoms with Crippen molar-refractivity contribution in [3.8, 4) is 5.75 Å². The van der Waals surface area contributed by atoms with E-state index in [-0.39, 0.29) is 30.3 Å². The van der Waals surface area contributed by atoms with Crippen LogP contribution >= 0.6 is 0 Å². The number of carbonyl (C=O) groups excluding carboxylic acids is 1. The van der Waals surface area contributed by atoms with Gasteiger partial charge in [-0.05, 0) is 31.0 Å². The third-order valence-electron chi connectivity index (χ3n) is 5.05. The predicted octanol–water partition coefficient (Wildman–Crippen LogP) is 3.22. The number of aryl methyl sites for hydroxylation is 1. The van der Waals surface area contributed by atoms with Gasteiger partial charge in [0.15, 0.2) is 0 Å². The molecule has 0 radical (unpaired) electrons. The monoisotopic (exact) mass is 523 g/mol. The van der Waals surface area contributed by atoms with Gasteiger partial charge < -0.3 is 15.0 Å². The predicted molar refractivity (Wildman–Crippen MR) is 115 cm³/mol. The molecule has 2 aromatic rings. The molecule has 3 rings (SSSR count). The van der Waals surface area contributed by atoms with Gasteiger partial charge in [0, 0.05) is 31.3 Å². The second-order valence-electron chi connectivity index (χ2n) is 8.01. The number of amides is 1. The van der Waals surface area contributed by atoms with Crippen molar-refractivity contribution < 1.29 is 39.9 Å². The third-order valence-corrected chi connectivity index (χ3v) is 5.74. The van der Waals surface area contributed by atoms with Crippen molar-refractivity contribution >= 4 is 27.6 Å². The summed E-state index contributed by atoms with van der Waals surface area (Å²) in [5, 5.41) is 2.65. The Kier molecular flexibility index (Phi) is 7.50. The molecule has 0 spiro atoms. The van der Waals surface area contributed by atoms with E-state index in [2.05, 4.69) is 24.7 Å². The first-order valence-corrected chi connectivity index (χ1v) is 12.1. The first-order chi connectivity index (χ1) is 16.1. The summed E-state index contributed by atoms with van der Waals surface area (Å²) in [5.41, 5.74) is 0.172. The number of nitrogens with zero attached hydrogens (tertiary/aromatic N) is 3. The Labute approximate surface area is 197 Å². The van der Waals surface area contributed by atoms with Gasteiger partial charge in [0.2, 0.25) is 10.0 Å². The first kappa shape index (κ1) is 26.5. The third kappa shape index (κ3) is 7.71. The number of sulfonamides is 1. The number of carbonyl (C=O) groups is 1. The lowest BCUT2D eigenvalue weighted by Crippen LogP contribution is -2.55. The van der Waals surface area contributed by atoms with E-state index >= 15 is 0 Å². The number of piperidine rings is 1. The molecule has 0 aromatic carbocycles. The second-order valence-corrected chi connectivity index (χ2v) is 9.85. The fourth-order valence-electron chi connectivity index (χ4n) is 3.45. The zero-order valence-corrected chi connectivity index (χ0v) is 19.4. The maximum absolute atomic E-state index is 14.1. The van der Waals surface area contributed by atoms with Crippen LogP contribution in [0.1, 0.15) is 28.9 Å². The summed E-state index contributed by atoms with van der Waals surface area (Å²) in [6.07, 6.45) is -3.56. The Morgan fingerprint density at radius 2 is 1.97 bits per heavy atom. The number of hydrogen-bond donors (Lipinski definition) is 2. The van der Waals surface area contributed by atoms with Crippen LogP contribution < -0.4 is 14.8 Å².